The van der Waals surface area contributed by atoms with E-state index in [4.69, 9.17) is 4.74 Å². The topological polar surface area (TPSA) is 21.3 Å². The van der Waals surface area contributed by atoms with Crippen LogP contribution < -0.4 is 10.1 Å². The summed E-state index contributed by atoms with van der Waals surface area (Å²) in [6.07, 6.45) is 1.09. The third kappa shape index (κ3) is 4.99. The first-order chi connectivity index (χ1) is 8.54. The molecule has 1 aromatic rings. The van der Waals surface area contributed by atoms with Gasteiger partial charge in [0.1, 0.15) is 5.75 Å². The van der Waals surface area contributed by atoms with Gasteiger partial charge in [-0.15, -0.1) is 0 Å². The second-order valence-electron chi connectivity index (χ2n) is 5.00. The maximum Gasteiger partial charge on any atom is 0.133 e. The average molecular weight is 314 g/mol. The Labute approximate surface area is 119 Å². The molecule has 18 heavy (non-hydrogen) atoms. The van der Waals surface area contributed by atoms with Crippen LogP contribution in [0.3, 0.4) is 0 Å². The zero-order valence-corrected chi connectivity index (χ0v) is 13.4. The second-order valence-corrected chi connectivity index (χ2v) is 5.85. The molecule has 0 saturated heterocycles. The monoisotopic (exact) mass is 313 g/mol. The highest BCUT2D eigenvalue weighted by Crippen LogP contribution is 2.28. The Morgan fingerprint density at radius 3 is 2.56 bits per heavy atom. The van der Waals surface area contributed by atoms with Gasteiger partial charge in [-0.2, -0.15) is 0 Å². The van der Waals surface area contributed by atoms with Gasteiger partial charge in [0.2, 0.25) is 0 Å². The lowest BCUT2D eigenvalue weighted by molar-refractivity contribution is 0.288. The van der Waals surface area contributed by atoms with Crippen LogP contribution >= 0.6 is 15.9 Å². The van der Waals surface area contributed by atoms with Crippen LogP contribution in [-0.2, 0) is 0 Å². The fourth-order valence-corrected chi connectivity index (χ4v) is 2.24. The van der Waals surface area contributed by atoms with Crippen molar-refractivity contribution in [2.24, 2.45) is 5.92 Å². The van der Waals surface area contributed by atoms with E-state index in [0.29, 0.717) is 12.0 Å². The van der Waals surface area contributed by atoms with E-state index in [1.165, 1.54) is 5.56 Å². The van der Waals surface area contributed by atoms with Crippen LogP contribution in [0.4, 0.5) is 0 Å². The third-order valence-corrected chi connectivity index (χ3v) is 3.54. The summed E-state index contributed by atoms with van der Waals surface area (Å²) in [5.74, 6) is 1.61. The molecule has 1 unspecified atom stereocenters. The predicted molar refractivity (Wildman–Crippen MR) is 81.2 cm³/mol. The number of halogens is 1. The molecule has 0 amide bonds. The number of hydrogen-bond donors (Lipinski definition) is 1. The molecule has 0 aromatic heterocycles. The standard InChI is InChI=1S/C15H24BrNO/c1-5-17-12(4)13-6-7-15(14(16)10-13)18-9-8-11(2)3/h6-7,10-12,17H,5,8-9H2,1-4H3. The van der Waals surface area contributed by atoms with Gasteiger partial charge in [0.05, 0.1) is 11.1 Å². The summed E-state index contributed by atoms with van der Waals surface area (Å²) < 4.78 is 6.81. The van der Waals surface area contributed by atoms with E-state index in [1.807, 2.05) is 6.07 Å². The Kier molecular flexibility index (Phi) is 6.72. The summed E-state index contributed by atoms with van der Waals surface area (Å²) in [4.78, 5) is 0. The van der Waals surface area contributed by atoms with Crippen LogP contribution in [0.25, 0.3) is 0 Å². The molecule has 2 nitrogen and oxygen atoms in total. The molecule has 0 bridgehead atoms. The molecule has 0 heterocycles. The highest BCUT2D eigenvalue weighted by atomic mass is 79.9. The number of hydrogen-bond acceptors (Lipinski definition) is 2. The quantitative estimate of drug-likeness (QED) is 0.797. The molecule has 0 spiro atoms. The fraction of sp³-hybridized carbons (Fsp3) is 0.600. The minimum absolute atomic E-state index is 0.371. The number of benzene rings is 1. The van der Waals surface area contributed by atoms with E-state index in [0.717, 1.165) is 29.8 Å². The van der Waals surface area contributed by atoms with Gasteiger partial charge in [0, 0.05) is 6.04 Å². The van der Waals surface area contributed by atoms with E-state index in [2.05, 4.69) is 61.1 Å². The van der Waals surface area contributed by atoms with E-state index >= 15 is 0 Å². The first kappa shape index (κ1) is 15.5. The predicted octanol–water partition coefficient (Wildman–Crippen LogP) is 4.54. The van der Waals surface area contributed by atoms with Crippen LogP contribution in [0.2, 0.25) is 0 Å². The molecule has 1 rings (SSSR count). The Morgan fingerprint density at radius 1 is 1.28 bits per heavy atom. The van der Waals surface area contributed by atoms with Crippen LogP contribution in [0.5, 0.6) is 5.75 Å². The summed E-state index contributed by atoms with van der Waals surface area (Å²) in [6, 6.07) is 6.69. The molecule has 0 fully saturated rings. The number of ether oxygens (including phenoxy) is 1. The number of nitrogens with one attached hydrogen (secondary N) is 1. The lowest BCUT2D eigenvalue weighted by Crippen LogP contribution is -2.17. The molecule has 1 atom stereocenters. The third-order valence-electron chi connectivity index (χ3n) is 2.92. The van der Waals surface area contributed by atoms with Crippen LogP contribution in [0, 0.1) is 5.92 Å². The van der Waals surface area contributed by atoms with Gasteiger partial charge in [0.25, 0.3) is 0 Å². The van der Waals surface area contributed by atoms with Crippen molar-refractivity contribution < 1.29 is 4.74 Å². The van der Waals surface area contributed by atoms with Crippen molar-refractivity contribution in [2.45, 2.75) is 40.2 Å². The first-order valence-corrected chi connectivity index (χ1v) is 7.49. The van der Waals surface area contributed by atoms with Crippen molar-refractivity contribution in [3.8, 4) is 5.75 Å². The SMILES string of the molecule is CCNC(C)c1ccc(OCCC(C)C)c(Br)c1. The molecule has 1 N–H and O–H groups in total. The maximum atomic E-state index is 5.78. The van der Waals surface area contributed by atoms with Gasteiger partial charge in [-0.1, -0.05) is 26.8 Å². The smallest absolute Gasteiger partial charge is 0.133 e. The molecular weight excluding hydrogens is 290 g/mol. The van der Waals surface area contributed by atoms with E-state index in [-0.39, 0.29) is 0 Å². The minimum Gasteiger partial charge on any atom is -0.492 e. The van der Waals surface area contributed by atoms with Crippen molar-refractivity contribution in [3.05, 3.63) is 28.2 Å². The van der Waals surface area contributed by atoms with Gasteiger partial charge in [0.15, 0.2) is 0 Å². The first-order valence-electron chi connectivity index (χ1n) is 6.70. The molecule has 0 saturated carbocycles. The van der Waals surface area contributed by atoms with E-state index < -0.39 is 0 Å². The van der Waals surface area contributed by atoms with Crippen molar-refractivity contribution in [2.75, 3.05) is 13.2 Å². The van der Waals surface area contributed by atoms with Gasteiger partial charge in [-0.25, -0.2) is 0 Å². The Bertz CT molecular complexity index is 366. The highest BCUT2D eigenvalue weighted by molar-refractivity contribution is 9.10. The zero-order valence-electron chi connectivity index (χ0n) is 11.8. The lowest BCUT2D eigenvalue weighted by atomic mass is 10.1. The molecule has 0 aliphatic heterocycles. The minimum atomic E-state index is 0.371. The zero-order chi connectivity index (χ0) is 13.5. The van der Waals surface area contributed by atoms with Gasteiger partial charge in [-0.3, -0.25) is 0 Å². The normalized spacial score (nSPS) is 12.8. The molecule has 102 valence electrons. The molecule has 1 aromatic carbocycles. The van der Waals surface area contributed by atoms with Crippen LogP contribution in [-0.4, -0.2) is 13.2 Å². The Morgan fingerprint density at radius 2 is 2.00 bits per heavy atom. The summed E-state index contributed by atoms with van der Waals surface area (Å²) in [6.45, 7) is 10.5. The molecule has 0 aliphatic carbocycles. The maximum absolute atomic E-state index is 5.78. The Hall–Kier alpha value is -0.540. The van der Waals surface area contributed by atoms with Gasteiger partial charge >= 0.3 is 0 Å². The average Bonchev–Trinajstić information content (AvgIpc) is 2.31. The molecule has 0 radical (unpaired) electrons. The fourth-order valence-electron chi connectivity index (χ4n) is 1.73. The summed E-state index contributed by atoms with van der Waals surface area (Å²) in [5, 5.41) is 3.40. The van der Waals surface area contributed by atoms with Crippen LogP contribution in [0.15, 0.2) is 22.7 Å². The lowest BCUT2D eigenvalue weighted by Gasteiger charge is -2.15. The van der Waals surface area contributed by atoms with E-state index in [1.54, 1.807) is 0 Å². The van der Waals surface area contributed by atoms with Crippen LogP contribution in [0.1, 0.15) is 45.7 Å². The van der Waals surface area contributed by atoms with Gasteiger partial charge < -0.3 is 10.1 Å². The van der Waals surface area contributed by atoms with Crippen molar-refractivity contribution in [3.63, 3.8) is 0 Å². The summed E-state index contributed by atoms with van der Waals surface area (Å²) in [7, 11) is 0. The van der Waals surface area contributed by atoms with Crippen molar-refractivity contribution >= 4 is 15.9 Å². The molecular formula is C15H24BrNO. The van der Waals surface area contributed by atoms with Crippen molar-refractivity contribution in [1.82, 2.24) is 5.32 Å². The van der Waals surface area contributed by atoms with E-state index in [9.17, 15) is 0 Å². The van der Waals surface area contributed by atoms with Gasteiger partial charge in [-0.05, 0) is 59.4 Å². The highest BCUT2D eigenvalue weighted by Gasteiger charge is 2.08. The number of rotatable bonds is 7. The molecule has 0 aliphatic rings. The summed E-state index contributed by atoms with van der Waals surface area (Å²) in [5.41, 5.74) is 1.28. The largest absolute Gasteiger partial charge is 0.492 e. The summed E-state index contributed by atoms with van der Waals surface area (Å²) >= 11 is 3.58. The van der Waals surface area contributed by atoms with Crippen molar-refractivity contribution in [1.29, 1.82) is 0 Å². The second kappa shape index (κ2) is 7.80. The molecule has 3 heteroatoms. The Balaban J connectivity index is 2.62.